The van der Waals surface area contributed by atoms with E-state index in [0.29, 0.717) is 42.4 Å². The number of fused-ring (bicyclic) bond motifs is 1. The van der Waals surface area contributed by atoms with Gasteiger partial charge in [0.1, 0.15) is 0 Å². The molecule has 1 amide bonds. The third-order valence-corrected chi connectivity index (χ3v) is 9.39. The fourth-order valence-corrected chi connectivity index (χ4v) is 6.95. The molecule has 11 heteroatoms. The van der Waals surface area contributed by atoms with Crippen LogP contribution >= 0.6 is 0 Å². The number of carbonyl (C=O) groups is 1. The highest BCUT2D eigenvalue weighted by molar-refractivity contribution is 7.93. The molecule has 1 aromatic carbocycles. The van der Waals surface area contributed by atoms with Gasteiger partial charge in [-0.1, -0.05) is 18.6 Å². The Morgan fingerprint density at radius 3 is 2.51 bits per heavy atom. The average molecular weight is 521 g/mol. The summed E-state index contributed by atoms with van der Waals surface area (Å²) in [5.41, 5.74) is 1.99. The molecule has 3 fully saturated rings. The molecule has 2 aromatic heterocycles. The fraction of sp³-hybridized carbons (Fsp3) is 0.423. The van der Waals surface area contributed by atoms with Crippen LogP contribution in [-0.2, 0) is 20.2 Å². The first kappa shape index (κ1) is 23.8. The molecule has 2 heterocycles. The number of benzene rings is 1. The van der Waals surface area contributed by atoms with Gasteiger partial charge < -0.3 is 10.1 Å². The molecule has 6 rings (SSSR count). The van der Waals surface area contributed by atoms with Crippen LogP contribution in [0.5, 0.6) is 5.88 Å². The van der Waals surface area contributed by atoms with Gasteiger partial charge in [0.25, 0.3) is 0 Å². The summed E-state index contributed by atoms with van der Waals surface area (Å²) in [6.45, 7) is 2.40. The lowest BCUT2D eigenvalue weighted by molar-refractivity contribution is -0.119. The number of hydrogen-bond donors (Lipinski definition) is 2. The van der Waals surface area contributed by atoms with Gasteiger partial charge in [-0.05, 0) is 62.6 Å². The van der Waals surface area contributed by atoms with Crippen molar-refractivity contribution in [3.05, 3.63) is 54.6 Å². The van der Waals surface area contributed by atoms with Crippen molar-refractivity contribution in [2.75, 3.05) is 16.6 Å². The summed E-state index contributed by atoms with van der Waals surface area (Å²) < 4.78 is 32.8. The molecule has 2 N–H and O–H groups in total. The van der Waals surface area contributed by atoms with Crippen LogP contribution in [-0.4, -0.2) is 46.1 Å². The number of rotatable bonds is 9. The number of sulfonamides is 1. The zero-order valence-electron chi connectivity index (χ0n) is 20.4. The first-order valence-electron chi connectivity index (χ1n) is 12.6. The van der Waals surface area contributed by atoms with Crippen LogP contribution in [0.3, 0.4) is 0 Å². The highest BCUT2D eigenvalue weighted by Gasteiger charge is 2.72. The Morgan fingerprint density at radius 2 is 1.81 bits per heavy atom. The minimum atomic E-state index is -3.50. The highest BCUT2D eigenvalue weighted by atomic mass is 32.2. The van der Waals surface area contributed by atoms with E-state index in [9.17, 15) is 13.2 Å². The van der Waals surface area contributed by atoms with Crippen molar-refractivity contribution in [2.24, 2.45) is 11.8 Å². The third-order valence-electron chi connectivity index (χ3n) is 7.57. The van der Waals surface area contributed by atoms with Crippen molar-refractivity contribution >= 4 is 27.6 Å². The molecule has 0 saturated heterocycles. The Kier molecular flexibility index (Phi) is 5.82. The van der Waals surface area contributed by atoms with Crippen molar-refractivity contribution in [2.45, 2.75) is 49.7 Å². The molecule has 3 aliphatic rings. The largest absolute Gasteiger partial charge is 0.477 e. The van der Waals surface area contributed by atoms with E-state index in [0.717, 1.165) is 24.8 Å². The zero-order chi connectivity index (χ0) is 25.6. The van der Waals surface area contributed by atoms with E-state index >= 15 is 0 Å². The quantitative estimate of drug-likeness (QED) is 0.437. The first-order valence-corrected chi connectivity index (χ1v) is 14.2. The number of nitrogens with one attached hydrogen (secondary N) is 2. The standard InChI is InChI=1S/C26H28N6O4S/c1-2-36-23-15-27-14-21(30-23)16-6-8-17(9-7-16)29-24(33)26(19-4-3-5-20(19)26)22-12-13-28-25(31-22)32-37(34,35)18-10-11-18/h6-9,12-15,18-20H,2-5,10-11H2,1H3,(H,29,33)(H,28,31,32)/t19-,20+,26?. The molecule has 0 bridgehead atoms. The Bertz CT molecular complexity index is 1430. The Labute approximate surface area is 215 Å². The van der Waals surface area contributed by atoms with Gasteiger partial charge in [0.2, 0.25) is 27.8 Å². The molecule has 192 valence electrons. The van der Waals surface area contributed by atoms with Crippen LogP contribution in [0.25, 0.3) is 11.3 Å². The van der Waals surface area contributed by atoms with E-state index in [1.165, 1.54) is 6.20 Å². The molecule has 3 atom stereocenters. The molecular formula is C26H28N6O4S. The summed E-state index contributed by atoms with van der Waals surface area (Å²) in [4.78, 5) is 31.1. The van der Waals surface area contributed by atoms with E-state index in [4.69, 9.17) is 4.74 Å². The summed E-state index contributed by atoms with van der Waals surface area (Å²) >= 11 is 0. The second kappa shape index (κ2) is 9.05. The Morgan fingerprint density at radius 1 is 1.05 bits per heavy atom. The predicted octanol–water partition coefficient (Wildman–Crippen LogP) is 3.54. The maximum Gasteiger partial charge on any atom is 0.237 e. The van der Waals surface area contributed by atoms with Gasteiger partial charge in [-0.2, -0.15) is 0 Å². The number of aromatic nitrogens is 4. The van der Waals surface area contributed by atoms with Crippen molar-refractivity contribution in [3.8, 4) is 17.1 Å². The lowest BCUT2D eigenvalue weighted by atomic mass is 9.90. The molecule has 3 aliphatic carbocycles. The number of anilines is 2. The molecular weight excluding hydrogens is 492 g/mol. The molecule has 0 radical (unpaired) electrons. The smallest absolute Gasteiger partial charge is 0.237 e. The lowest BCUT2D eigenvalue weighted by Gasteiger charge is -2.21. The second-order valence-electron chi connectivity index (χ2n) is 9.83. The zero-order valence-corrected chi connectivity index (χ0v) is 21.2. The predicted molar refractivity (Wildman–Crippen MR) is 137 cm³/mol. The van der Waals surface area contributed by atoms with Gasteiger partial charge >= 0.3 is 0 Å². The summed E-state index contributed by atoms with van der Waals surface area (Å²) in [5, 5.41) is 2.70. The molecule has 10 nitrogen and oxygen atoms in total. The fourth-order valence-electron chi connectivity index (χ4n) is 5.68. The van der Waals surface area contributed by atoms with Crippen LogP contribution in [0.2, 0.25) is 0 Å². The van der Waals surface area contributed by atoms with Crippen molar-refractivity contribution < 1.29 is 17.9 Å². The van der Waals surface area contributed by atoms with Crippen LogP contribution in [0.4, 0.5) is 11.6 Å². The van der Waals surface area contributed by atoms with Crippen molar-refractivity contribution in [1.82, 2.24) is 19.9 Å². The topological polar surface area (TPSA) is 136 Å². The Hall–Kier alpha value is -3.60. The number of amides is 1. The average Bonchev–Trinajstić information content (AvgIpc) is 3.80. The number of ether oxygens (including phenoxy) is 1. The Balaban J connectivity index is 1.23. The van der Waals surface area contributed by atoms with Crippen LogP contribution in [0.1, 0.15) is 44.7 Å². The van der Waals surface area contributed by atoms with E-state index in [1.807, 2.05) is 31.2 Å². The van der Waals surface area contributed by atoms with Crippen LogP contribution in [0, 0.1) is 11.8 Å². The maximum atomic E-state index is 13.7. The third kappa shape index (κ3) is 4.30. The number of nitrogens with zero attached hydrogens (tertiary/aromatic N) is 4. The number of carbonyl (C=O) groups excluding carboxylic acids is 1. The minimum absolute atomic E-state index is 0.0290. The lowest BCUT2D eigenvalue weighted by Crippen LogP contribution is -2.33. The van der Waals surface area contributed by atoms with E-state index in [2.05, 4.69) is 30.0 Å². The maximum absolute atomic E-state index is 13.7. The van der Waals surface area contributed by atoms with Gasteiger partial charge in [0.15, 0.2) is 0 Å². The number of hydrogen-bond acceptors (Lipinski definition) is 8. The molecule has 0 aliphatic heterocycles. The van der Waals surface area contributed by atoms with Crippen molar-refractivity contribution in [1.29, 1.82) is 0 Å². The van der Waals surface area contributed by atoms with Gasteiger partial charge in [-0.3, -0.25) is 14.5 Å². The van der Waals surface area contributed by atoms with Gasteiger partial charge in [0.05, 0.1) is 41.1 Å². The van der Waals surface area contributed by atoms with Gasteiger partial charge in [-0.25, -0.2) is 23.4 Å². The van der Waals surface area contributed by atoms with Crippen LogP contribution in [0.15, 0.2) is 48.9 Å². The molecule has 3 aromatic rings. The van der Waals surface area contributed by atoms with E-state index < -0.39 is 15.4 Å². The monoisotopic (exact) mass is 520 g/mol. The first-order chi connectivity index (χ1) is 17.9. The summed E-state index contributed by atoms with van der Waals surface area (Å²) in [6, 6.07) is 9.17. The normalized spacial score (nSPS) is 24.2. The van der Waals surface area contributed by atoms with Gasteiger partial charge in [-0.15, -0.1) is 0 Å². The molecule has 0 spiro atoms. The van der Waals surface area contributed by atoms with Crippen molar-refractivity contribution in [3.63, 3.8) is 0 Å². The molecule has 1 unspecified atom stereocenters. The molecule has 37 heavy (non-hydrogen) atoms. The van der Waals surface area contributed by atoms with E-state index in [-0.39, 0.29) is 28.9 Å². The second-order valence-corrected chi connectivity index (χ2v) is 11.8. The summed E-state index contributed by atoms with van der Waals surface area (Å²) in [6.07, 6.45) is 9.03. The summed E-state index contributed by atoms with van der Waals surface area (Å²) in [5.74, 6) is 0.740. The van der Waals surface area contributed by atoms with Gasteiger partial charge in [0, 0.05) is 17.4 Å². The summed E-state index contributed by atoms with van der Waals surface area (Å²) in [7, 11) is -3.50. The van der Waals surface area contributed by atoms with Crippen LogP contribution < -0.4 is 14.8 Å². The minimum Gasteiger partial charge on any atom is -0.477 e. The highest BCUT2D eigenvalue weighted by Crippen LogP contribution is 2.68. The molecule has 3 saturated carbocycles. The SMILES string of the molecule is CCOc1cncc(-c2ccc(NC(=O)C3(c4ccnc(NS(=O)(=O)C5CC5)n4)[C@@H]4CCC[C@@H]43)cc2)n1. The van der Waals surface area contributed by atoms with E-state index in [1.54, 1.807) is 18.5 Å².